The molecule has 1 aliphatic carbocycles. The molecule has 34 heavy (non-hydrogen) atoms. The first-order valence-corrected chi connectivity index (χ1v) is 12.3. The second kappa shape index (κ2) is 9.97. The van der Waals surface area contributed by atoms with Gasteiger partial charge in [-0.2, -0.15) is 0 Å². The van der Waals surface area contributed by atoms with E-state index in [-0.39, 0.29) is 23.7 Å². The molecule has 178 valence electrons. The van der Waals surface area contributed by atoms with Crippen LogP contribution in [0.25, 0.3) is 11.1 Å². The molecule has 1 saturated carbocycles. The summed E-state index contributed by atoms with van der Waals surface area (Å²) in [4.78, 5) is 26.5. The molecule has 0 aliphatic heterocycles. The maximum absolute atomic E-state index is 13.7. The molecule has 3 aromatic rings. The summed E-state index contributed by atoms with van der Waals surface area (Å²) in [5.41, 5.74) is 10.6. The number of carboxylic acid groups (broad SMARTS) is 1. The number of carbonyl (C=O) groups is 2. The molecule has 4 N–H and O–H groups in total. The molecular weight excluding hydrogens is 451 g/mol. The standard InChI is InChI=1S/C27H29FN2O3S/c1-15-24(11-17-3-5-18(6-4-17)20-12-21(28)14-22(29)13-20)25(16(2)34-15)26(31)30-23-9-7-19(8-10-23)27(32)33/h3-6,12-14,19,23H,7-11,29H2,1-2H3,(H,30,31)(H,32,33). The number of benzene rings is 2. The van der Waals surface area contributed by atoms with Crippen molar-refractivity contribution in [3.63, 3.8) is 0 Å². The van der Waals surface area contributed by atoms with Crippen molar-refractivity contribution in [3.8, 4) is 11.1 Å². The normalized spacial score (nSPS) is 18.0. The minimum atomic E-state index is -0.747. The first-order chi connectivity index (χ1) is 16.2. The van der Waals surface area contributed by atoms with Gasteiger partial charge in [-0.25, -0.2) is 4.39 Å². The lowest BCUT2D eigenvalue weighted by molar-refractivity contribution is -0.142. The summed E-state index contributed by atoms with van der Waals surface area (Å²) in [6.07, 6.45) is 3.19. The molecule has 5 nitrogen and oxygen atoms in total. The molecule has 0 spiro atoms. The molecule has 1 aliphatic rings. The van der Waals surface area contributed by atoms with Crippen LogP contribution in [0.15, 0.2) is 42.5 Å². The molecule has 0 unspecified atom stereocenters. The minimum Gasteiger partial charge on any atom is -0.481 e. The van der Waals surface area contributed by atoms with E-state index in [1.807, 2.05) is 38.1 Å². The van der Waals surface area contributed by atoms with Crippen LogP contribution < -0.4 is 11.1 Å². The van der Waals surface area contributed by atoms with E-state index >= 15 is 0 Å². The van der Waals surface area contributed by atoms with Crippen LogP contribution in [-0.2, 0) is 11.2 Å². The molecule has 0 saturated heterocycles. The number of rotatable bonds is 6. The molecule has 1 heterocycles. The molecule has 1 aromatic heterocycles. The van der Waals surface area contributed by atoms with Crippen molar-refractivity contribution in [2.75, 3.05) is 5.73 Å². The van der Waals surface area contributed by atoms with Crippen LogP contribution in [0.3, 0.4) is 0 Å². The summed E-state index contributed by atoms with van der Waals surface area (Å²) in [6, 6.07) is 12.4. The van der Waals surface area contributed by atoms with E-state index in [1.165, 1.54) is 12.1 Å². The van der Waals surface area contributed by atoms with Gasteiger partial charge in [0.25, 0.3) is 5.91 Å². The monoisotopic (exact) mass is 480 g/mol. The van der Waals surface area contributed by atoms with Crippen molar-refractivity contribution in [3.05, 3.63) is 74.7 Å². The first kappa shape index (κ1) is 24.0. The van der Waals surface area contributed by atoms with Crippen molar-refractivity contribution in [2.45, 2.75) is 52.0 Å². The number of hydrogen-bond acceptors (Lipinski definition) is 4. The number of carboxylic acids is 1. The number of nitrogens with two attached hydrogens (primary N) is 1. The van der Waals surface area contributed by atoms with Crippen molar-refractivity contribution in [1.29, 1.82) is 0 Å². The molecule has 7 heteroatoms. The molecule has 2 aromatic carbocycles. The molecule has 4 rings (SSSR count). The largest absolute Gasteiger partial charge is 0.481 e. The van der Waals surface area contributed by atoms with Crippen LogP contribution in [0.1, 0.15) is 56.9 Å². The topological polar surface area (TPSA) is 92.4 Å². The van der Waals surface area contributed by atoms with Gasteiger partial charge >= 0.3 is 5.97 Å². The average molecular weight is 481 g/mol. The zero-order valence-corrected chi connectivity index (χ0v) is 20.2. The Labute approximate surface area is 202 Å². The molecule has 1 fully saturated rings. The van der Waals surface area contributed by atoms with E-state index in [2.05, 4.69) is 5.32 Å². The SMILES string of the molecule is Cc1sc(C)c(C(=O)NC2CCC(C(=O)O)CC2)c1Cc1ccc(-c2cc(N)cc(F)c2)cc1. The quantitative estimate of drug-likeness (QED) is 0.394. The van der Waals surface area contributed by atoms with Crippen molar-refractivity contribution < 1.29 is 19.1 Å². The van der Waals surface area contributed by atoms with Crippen LogP contribution in [0.4, 0.5) is 10.1 Å². The lowest BCUT2D eigenvalue weighted by Gasteiger charge is -2.27. The number of hydrogen-bond donors (Lipinski definition) is 3. The van der Waals surface area contributed by atoms with Gasteiger partial charge in [-0.15, -0.1) is 11.3 Å². The maximum Gasteiger partial charge on any atom is 0.306 e. The van der Waals surface area contributed by atoms with E-state index in [0.29, 0.717) is 37.8 Å². The lowest BCUT2D eigenvalue weighted by Crippen LogP contribution is -2.39. The van der Waals surface area contributed by atoms with Gasteiger partial charge in [-0.05, 0) is 86.4 Å². The Balaban J connectivity index is 1.49. The fourth-order valence-electron chi connectivity index (χ4n) is 4.78. The van der Waals surface area contributed by atoms with Gasteiger partial charge in [0.1, 0.15) is 5.82 Å². The summed E-state index contributed by atoms with van der Waals surface area (Å²) < 4.78 is 13.7. The number of halogens is 1. The third-order valence-electron chi connectivity index (χ3n) is 6.61. The van der Waals surface area contributed by atoms with E-state index in [1.54, 1.807) is 17.4 Å². The van der Waals surface area contributed by atoms with Crippen LogP contribution in [0, 0.1) is 25.6 Å². The highest BCUT2D eigenvalue weighted by atomic mass is 32.1. The summed E-state index contributed by atoms with van der Waals surface area (Å²) in [6.45, 7) is 4.00. The highest BCUT2D eigenvalue weighted by Crippen LogP contribution is 2.32. The van der Waals surface area contributed by atoms with E-state index in [9.17, 15) is 19.1 Å². The highest BCUT2D eigenvalue weighted by Gasteiger charge is 2.28. The zero-order chi connectivity index (χ0) is 24.4. The fraction of sp³-hybridized carbons (Fsp3) is 0.333. The third kappa shape index (κ3) is 5.30. The smallest absolute Gasteiger partial charge is 0.306 e. The molecule has 0 bridgehead atoms. The van der Waals surface area contributed by atoms with Gasteiger partial charge in [0.05, 0.1) is 11.5 Å². The summed E-state index contributed by atoms with van der Waals surface area (Å²) in [7, 11) is 0. The van der Waals surface area contributed by atoms with E-state index < -0.39 is 5.97 Å². The molecule has 0 radical (unpaired) electrons. The predicted molar refractivity (Wildman–Crippen MR) is 134 cm³/mol. The number of carbonyl (C=O) groups excluding carboxylic acids is 1. The maximum atomic E-state index is 13.7. The number of aryl methyl sites for hydroxylation is 2. The van der Waals surface area contributed by atoms with Crippen molar-refractivity contribution in [1.82, 2.24) is 5.32 Å². The van der Waals surface area contributed by atoms with Crippen LogP contribution in [0.2, 0.25) is 0 Å². The second-order valence-corrected chi connectivity index (χ2v) is 10.5. The summed E-state index contributed by atoms with van der Waals surface area (Å²) >= 11 is 1.62. The predicted octanol–water partition coefficient (Wildman–Crippen LogP) is 5.72. The number of anilines is 1. The van der Waals surface area contributed by atoms with Crippen molar-refractivity contribution in [2.24, 2.45) is 5.92 Å². The Bertz CT molecular complexity index is 1190. The number of nitrogens with one attached hydrogen (secondary N) is 1. The Kier molecular flexibility index (Phi) is 7.03. The second-order valence-electron chi connectivity index (χ2n) is 9.08. The van der Waals surface area contributed by atoms with Gasteiger partial charge in [-0.1, -0.05) is 24.3 Å². The molecule has 1 amide bonds. The van der Waals surface area contributed by atoms with E-state index in [0.717, 1.165) is 37.6 Å². The summed E-state index contributed by atoms with van der Waals surface area (Å²) in [5, 5.41) is 12.3. The third-order valence-corrected chi connectivity index (χ3v) is 7.67. The van der Waals surface area contributed by atoms with Gasteiger partial charge in [0.2, 0.25) is 0 Å². The Morgan fingerprint density at radius 2 is 1.71 bits per heavy atom. The summed E-state index contributed by atoms with van der Waals surface area (Å²) in [5.74, 6) is -1.50. The molecule has 0 atom stereocenters. The lowest BCUT2D eigenvalue weighted by atomic mass is 9.86. The number of aliphatic carboxylic acids is 1. The van der Waals surface area contributed by atoms with Gasteiger partial charge in [0, 0.05) is 21.5 Å². The molecular formula is C27H29FN2O3S. The number of nitrogen functional groups attached to an aromatic ring is 1. The number of amides is 1. The minimum absolute atomic E-state index is 0.00791. The highest BCUT2D eigenvalue weighted by molar-refractivity contribution is 7.12. The van der Waals surface area contributed by atoms with Crippen LogP contribution in [-0.4, -0.2) is 23.0 Å². The van der Waals surface area contributed by atoms with Crippen molar-refractivity contribution >= 4 is 28.9 Å². The zero-order valence-electron chi connectivity index (χ0n) is 19.4. The van der Waals surface area contributed by atoms with Crippen LogP contribution >= 0.6 is 11.3 Å². The van der Waals surface area contributed by atoms with Gasteiger partial charge in [0.15, 0.2) is 0 Å². The van der Waals surface area contributed by atoms with Gasteiger partial charge < -0.3 is 16.2 Å². The fourth-order valence-corrected chi connectivity index (χ4v) is 5.86. The Morgan fingerprint density at radius 1 is 1.03 bits per heavy atom. The average Bonchev–Trinajstić information content (AvgIpc) is 3.06. The van der Waals surface area contributed by atoms with Crippen LogP contribution in [0.5, 0.6) is 0 Å². The number of thiophene rings is 1. The first-order valence-electron chi connectivity index (χ1n) is 11.5. The van der Waals surface area contributed by atoms with E-state index in [4.69, 9.17) is 5.73 Å². The van der Waals surface area contributed by atoms with Gasteiger partial charge in [-0.3, -0.25) is 9.59 Å². The Morgan fingerprint density at radius 3 is 2.32 bits per heavy atom. The Hall–Kier alpha value is -3.19.